The van der Waals surface area contributed by atoms with Gasteiger partial charge in [0.1, 0.15) is 16.6 Å². The molecule has 3 aromatic heterocycles. The predicted molar refractivity (Wildman–Crippen MR) is 124 cm³/mol. The number of imidazole rings is 1. The van der Waals surface area contributed by atoms with Gasteiger partial charge in [-0.1, -0.05) is 17.3 Å². The van der Waals surface area contributed by atoms with Gasteiger partial charge in [-0.2, -0.15) is 0 Å². The molecule has 32 heavy (non-hydrogen) atoms. The number of aryl methyl sites for hydroxylation is 2. The Balaban J connectivity index is 1.33. The standard InChI is InChI=1S/C24H25N5O2S/c1-15-19(16(2)31-28-15)14-32-23-18(8-5-11-25-23)24(30)29-12-6-7-17(13-29)22-26-20-9-3-4-10-21(20)27-22/h3-5,8-11,17H,6-7,12-14H2,1-2H3,(H,26,27). The van der Waals surface area contributed by atoms with Gasteiger partial charge in [-0.3, -0.25) is 4.79 Å². The Kier molecular flexibility index (Phi) is 5.70. The number of aromatic nitrogens is 4. The van der Waals surface area contributed by atoms with Gasteiger partial charge in [0.15, 0.2) is 0 Å². The van der Waals surface area contributed by atoms with Gasteiger partial charge in [0, 0.05) is 36.5 Å². The number of rotatable bonds is 5. The zero-order chi connectivity index (χ0) is 22.1. The van der Waals surface area contributed by atoms with Crippen molar-refractivity contribution < 1.29 is 9.32 Å². The number of H-pyrrole nitrogens is 1. The first-order valence-corrected chi connectivity index (χ1v) is 11.8. The Hall–Kier alpha value is -3.13. The van der Waals surface area contributed by atoms with E-state index in [4.69, 9.17) is 9.51 Å². The highest BCUT2D eigenvalue weighted by Crippen LogP contribution is 2.31. The molecular weight excluding hydrogens is 422 g/mol. The van der Waals surface area contributed by atoms with E-state index in [0.29, 0.717) is 17.9 Å². The summed E-state index contributed by atoms with van der Waals surface area (Å²) in [6, 6.07) is 11.7. The van der Waals surface area contributed by atoms with E-state index < -0.39 is 0 Å². The Morgan fingerprint density at radius 2 is 2.12 bits per heavy atom. The van der Waals surface area contributed by atoms with Crippen molar-refractivity contribution in [3.8, 4) is 0 Å². The van der Waals surface area contributed by atoms with Gasteiger partial charge in [0.05, 0.1) is 22.3 Å². The smallest absolute Gasteiger partial charge is 0.256 e. The second kappa shape index (κ2) is 8.78. The lowest BCUT2D eigenvalue weighted by Gasteiger charge is -2.32. The van der Waals surface area contributed by atoms with Crippen LogP contribution in [-0.2, 0) is 5.75 Å². The van der Waals surface area contributed by atoms with Crippen molar-refractivity contribution in [2.24, 2.45) is 0 Å². The molecule has 0 saturated carbocycles. The maximum atomic E-state index is 13.5. The van der Waals surface area contributed by atoms with Crippen LogP contribution in [-0.4, -0.2) is 44.0 Å². The van der Waals surface area contributed by atoms with Crippen LogP contribution in [0.1, 0.15) is 52.0 Å². The average Bonchev–Trinajstić information content (AvgIpc) is 3.40. The number of likely N-dealkylation sites (tertiary alicyclic amines) is 1. The molecule has 5 rings (SSSR count). The summed E-state index contributed by atoms with van der Waals surface area (Å²) >= 11 is 1.55. The number of nitrogens with one attached hydrogen (secondary N) is 1. The Labute approximate surface area is 190 Å². The summed E-state index contributed by atoms with van der Waals surface area (Å²) in [7, 11) is 0. The van der Waals surface area contributed by atoms with Gasteiger partial charge in [0.2, 0.25) is 0 Å². The van der Waals surface area contributed by atoms with E-state index in [9.17, 15) is 4.79 Å². The fraction of sp³-hybridized carbons (Fsp3) is 0.333. The number of benzene rings is 1. The van der Waals surface area contributed by atoms with Gasteiger partial charge >= 0.3 is 0 Å². The number of fused-ring (bicyclic) bond motifs is 1. The first-order valence-electron chi connectivity index (χ1n) is 10.8. The van der Waals surface area contributed by atoms with Crippen LogP contribution in [0.3, 0.4) is 0 Å². The van der Waals surface area contributed by atoms with Crippen LogP contribution in [0, 0.1) is 13.8 Å². The maximum Gasteiger partial charge on any atom is 0.256 e. The van der Waals surface area contributed by atoms with Crippen molar-refractivity contribution in [2.75, 3.05) is 13.1 Å². The maximum absolute atomic E-state index is 13.5. The Morgan fingerprint density at radius 1 is 1.25 bits per heavy atom. The monoisotopic (exact) mass is 447 g/mol. The first kappa shape index (κ1) is 20.8. The van der Waals surface area contributed by atoms with Crippen LogP contribution in [0.4, 0.5) is 0 Å². The number of piperidine rings is 1. The molecule has 4 heterocycles. The zero-order valence-electron chi connectivity index (χ0n) is 18.2. The summed E-state index contributed by atoms with van der Waals surface area (Å²) in [5.41, 5.74) is 4.59. The van der Waals surface area contributed by atoms with E-state index in [2.05, 4.69) is 15.1 Å². The fourth-order valence-electron chi connectivity index (χ4n) is 4.24. The largest absolute Gasteiger partial charge is 0.361 e. The molecule has 1 fully saturated rings. The number of para-hydroxylation sites is 2. The van der Waals surface area contributed by atoms with Crippen molar-refractivity contribution in [2.45, 2.75) is 43.4 Å². The van der Waals surface area contributed by atoms with Crippen LogP contribution in [0.5, 0.6) is 0 Å². The third-order valence-electron chi connectivity index (χ3n) is 6.04. The van der Waals surface area contributed by atoms with Crippen LogP contribution < -0.4 is 0 Å². The molecule has 0 bridgehead atoms. The molecule has 1 atom stereocenters. The number of carbonyl (C=O) groups is 1. The molecule has 1 amide bonds. The number of pyridine rings is 1. The van der Waals surface area contributed by atoms with E-state index in [1.807, 2.05) is 55.1 Å². The molecular formula is C24H25N5O2S. The summed E-state index contributed by atoms with van der Waals surface area (Å²) in [4.78, 5) is 28.1. The predicted octanol–water partition coefficient (Wildman–Crippen LogP) is 4.87. The molecule has 1 aromatic carbocycles. The topological polar surface area (TPSA) is 87.9 Å². The van der Waals surface area contributed by atoms with Crippen LogP contribution in [0.25, 0.3) is 11.0 Å². The fourth-order valence-corrected chi connectivity index (χ4v) is 5.38. The number of carbonyl (C=O) groups excluding carboxylic acids is 1. The average molecular weight is 448 g/mol. The van der Waals surface area contributed by atoms with Gasteiger partial charge in [-0.25, -0.2) is 9.97 Å². The number of nitrogens with zero attached hydrogens (tertiary/aromatic N) is 4. The quantitative estimate of drug-likeness (QED) is 0.439. The summed E-state index contributed by atoms with van der Waals surface area (Å²) in [6.07, 6.45) is 3.71. The lowest BCUT2D eigenvalue weighted by molar-refractivity contribution is 0.0700. The number of amides is 1. The highest BCUT2D eigenvalue weighted by molar-refractivity contribution is 7.98. The van der Waals surface area contributed by atoms with Gasteiger partial charge in [0.25, 0.3) is 5.91 Å². The molecule has 8 heteroatoms. The van der Waals surface area contributed by atoms with Crippen LogP contribution in [0.2, 0.25) is 0 Å². The minimum atomic E-state index is 0.0279. The normalized spacial score (nSPS) is 16.6. The molecule has 4 aromatic rings. The molecule has 164 valence electrons. The summed E-state index contributed by atoms with van der Waals surface area (Å²) in [6.45, 7) is 5.25. The van der Waals surface area contributed by atoms with E-state index in [1.54, 1.807) is 18.0 Å². The Morgan fingerprint density at radius 3 is 2.94 bits per heavy atom. The van der Waals surface area contributed by atoms with E-state index in [1.165, 1.54) is 0 Å². The van der Waals surface area contributed by atoms with Gasteiger partial charge in [-0.15, -0.1) is 11.8 Å². The van der Waals surface area contributed by atoms with Crippen molar-refractivity contribution in [1.82, 2.24) is 25.0 Å². The SMILES string of the molecule is Cc1noc(C)c1CSc1ncccc1C(=O)N1CCCC(c2nc3ccccc3[nH]2)C1. The summed E-state index contributed by atoms with van der Waals surface area (Å²) < 4.78 is 5.26. The highest BCUT2D eigenvalue weighted by Gasteiger charge is 2.29. The number of thioether (sulfide) groups is 1. The van der Waals surface area contributed by atoms with Crippen molar-refractivity contribution in [3.05, 3.63) is 71.0 Å². The molecule has 7 nitrogen and oxygen atoms in total. The lowest BCUT2D eigenvalue weighted by atomic mass is 9.97. The molecule has 1 aliphatic rings. The van der Waals surface area contributed by atoms with E-state index in [-0.39, 0.29) is 11.8 Å². The number of aromatic amines is 1. The second-order valence-corrected chi connectivity index (χ2v) is 9.14. The third kappa shape index (κ3) is 4.02. The van der Waals surface area contributed by atoms with E-state index in [0.717, 1.165) is 58.3 Å². The van der Waals surface area contributed by atoms with E-state index >= 15 is 0 Å². The molecule has 0 spiro atoms. The lowest BCUT2D eigenvalue weighted by Crippen LogP contribution is -2.39. The van der Waals surface area contributed by atoms with Crippen molar-refractivity contribution >= 4 is 28.7 Å². The molecule has 0 aliphatic carbocycles. The molecule has 1 saturated heterocycles. The second-order valence-electron chi connectivity index (χ2n) is 8.18. The minimum absolute atomic E-state index is 0.0279. The van der Waals surface area contributed by atoms with Crippen LogP contribution in [0.15, 0.2) is 52.1 Å². The molecule has 0 radical (unpaired) electrons. The third-order valence-corrected chi connectivity index (χ3v) is 7.07. The van der Waals surface area contributed by atoms with Crippen molar-refractivity contribution in [3.63, 3.8) is 0 Å². The number of hydrogen-bond donors (Lipinski definition) is 1. The van der Waals surface area contributed by atoms with Gasteiger partial charge < -0.3 is 14.4 Å². The molecule has 1 N–H and O–H groups in total. The molecule has 1 aliphatic heterocycles. The zero-order valence-corrected chi connectivity index (χ0v) is 19.0. The summed E-state index contributed by atoms with van der Waals surface area (Å²) in [5.74, 6) is 2.67. The van der Waals surface area contributed by atoms with Crippen molar-refractivity contribution in [1.29, 1.82) is 0 Å². The Bertz CT molecular complexity index is 1210. The van der Waals surface area contributed by atoms with Gasteiger partial charge in [-0.05, 0) is 51.0 Å². The van der Waals surface area contributed by atoms with Crippen LogP contribution >= 0.6 is 11.8 Å². The molecule has 1 unspecified atom stereocenters. The number of hydrogen-bond acceptors (Lipinski definition) is 6. The summed E-state index contributed by atoms with van der Waals surface area (Å²) in [5, 5.41) is 4.76. The minimum Gasteiger partial charge on any atom is -0.361 e. The first-order chi connectivity index (χ1) is 15.6. The highest BCUT2D eigenvalue weighted by atomic mass is 32.2.